The Morgan fingerprint density at radius 3 is 2.67 bits per heavy atom. The number of anilines is 1. The summed E-state index contributed by atoms with van der Waals surface area (Å²) >= 11 is 0. The fourth-order valence-electron chi connectivity index (χ4n) is 4.29. The summed E-state index contributed by atoms with van der Waals surface area (Å²) in [5.74, 6) is 1.24. The average Bonchev–Trinajstić information content (AvgIpc) is 3.05. The summed E-state index contributed by atoms with van der Waals surface area (Å²) in [6.07, 6.45) is 4.31. The smallest absolute Gasteiger partial charge is 0.411 e. The summed E-state index contributed by atoms with van der Waals surface area (Å²) in [7, 11) is 1.65. The van der Waals surface area contributed by atoms with Crippen molar-refractivity contribution in [1.82, 2.24) is 5.32 Å². The maximum Gasteiger partial charge on any atom is 0.411 e. The van der Waals surface area contributed by atoms with Gasteiger partial charge in [-0.3, -0.25) is 5.32 Å². The molecule has 0 saturated carbocycles. The van der Waals surface area contributed by atoms with E-state index in [1.807, 2.05) is 48.5 Å². The summed E-state index contributed by atoms with van der Waals surface area (Å²) in [6, 6.07) is 16.7. The van der Waals surface area contributed by atoms with Gasteiger partial charge in [0.2, 0.25) is 0 Å². The van der Waals surface area contributed by atoms with Crippen LogP contribution in [0.5, 0.6) is 5.75 Å². The lowest BCUT2D eigenvalue weighted by molar-refractivity contribution is 0.122. The van der Waals surface area contributed by atoms with E-state index in [1.165, 1.54) is 12.8 Å². The number of nitrogens with one attached hydrogen (secondary N) is 2. The summed E-state index contributed by atoms with van der Waals surface area (Å²) < 4.78 is 10.9. The number of fused-ring (bicyclic) bond motifs is 2. The van der Waals surface area contributed by atoms with Crippen LogP contribution in [0.4, 0.5) is 10.5 Å². The van der Waals surface area contributed by atoms with Crippen molar-refractivity contribution in [2.24, 2.45) is 5.92 Å². The molecule has 2 aromatic rings. The topological polar surface area (TPSA) is 59.6 Å². The minimum Gasteiger partial charge on any atom is -0.497 e. The van der Waals surface area contributed by atoms with E-state index in [1.54, 1.807) is 7.11 Å². The molecule has 0 radical (unpaired) electrons. The third kappa shape index (κ3) is 4.25. The van der Waals surface area contributed by atoms with Crippen molar-refractivity contribution in [3.8, 4) is 16.9 Å². The van der Waals surface area contributed by atoms with Gasteiger partial charge in [-0.2, -0.15) is 0 Å². The van der Waals surface area contributed by atoms with Crippen molar-refractivity contribution >= 4 is 11.8 Å². The molecule has 4 rings (SSSR count). The zero-order valence-corrected chi connectivity index (χ0v) is 15.6. The Bertz CT molecular complexity index is 796. The molecule has 2 atom stereocenters. The second kappa shape index (κ2) is 8.01. The molecule has 142 valence electrons. The number of ether oxygens (including phenoxy) is 2. The van der Waals surface area contributed by atoms with E-state index in [0.717, 1.165) is 35.4 Å². The van der Waals surface area contributed by atoms with Crippen molar-refractivity contribution in [2.75, 3.05) is 19.0 Å². The second-order valence-electron chi connectivity index (χ2n) is 7.48. The first-order valence-corrected chi connectivity index (χ1v) is 9.64. The van der Waals surface area contributed by atoms with Crippen molar-refractivity contribution in [3.05, 3.63) is 48.5 Å². The second-order valence-corrected chi connectivity index (χ2v) is 7.48. The van der Waals surface area contributed by atoms with Crippen LogP contribution in [-0.4, -0.2) is 31.9 Å². The number of para-hydroxylation sites is 1. The van der Waals surface area contributed by atoms with Crippen molar-refractivity contribution < 1.29 is 14.3 Å². The molecule has 2 heterocycles. The van der Waals surface area contributed by atoms with Crippen LogP contribution in [0.3, 0.4) is 0 Å². The van der Waals surface area contributed by atoms with E-state index in [-0.39, 0.29) is 0 Å². The monoisotopic (exact) mass is 366 g/mol. The maximum atomic E-state index is 12.4. The molecule has 2 unspecified atom stereocenters. The minimum atomic E-state index is -0.392. The third-order valence-electron chi connectivity index (χ3n) is 5.57. The molecule has 5 nitrogen and oxygen atoms in total. The number of carbonyl (C=O) groups excluding carboxylic acids is 1. The van der Waals surface area contributed by atoms with Gasteiger partial charge in [-0.15, -0.1) is 0 Å². The first kappa shape index (κ1) is 17.9. The highest BCUT2D eigenvalue weighted by atomic mass is 16.5. The number of rotatable bonds is 5. The standard InChI is InChI=1S/C22H26N2O3/c1-26-19-6-4-5-16(13-19)20-7-2-3-8-21(20)24-22(25)27-14-15-11-17-9-10-18(12-15)23-17/h2-8,13,15,17-18,23H,9-12,14H2,1H3,(H,24,25). The van der Waals surface area contributed by atoms with E-state index in [4.69, 9.17) is 9.47 Å². The molecular weight excluding hydrogens is 340 g/mol. The van der Waals surface area contributed by atoms with Gasteiger partial charge in [-0.25, -0.2) is 4.79 Å². The molecule has 1 amide bonds. The third-order valence-corrected chi connectivity index (χ3v) is 5.57. The zero-order valence-electron chi connectivity index (χ0n) is 15.6. The van der Waals surface area contributed by atoms with Gasteiger partial charge in [-0.05, 0) is 55.4 Å². The van der Waals surface area contributed by atoms with E-state index < -0.39 is 6.09 Å². The highest BCUT2D eigenvalue weighted by Gasteiger charge is 2.33. The van der Waals surface area contributed by atoms with Gasteiger partial charge in [0.05, 0.1) is 19.4 Å². The highest BCUT2D eigenvalue weighted by Crippen LogP contribution is 2.32. The Morgan fingerprint density at radius 2 is 1.89 bits per heavy atom. The van der Waals surface area contributed by atoms with Crippen molar-refractivity contribution in [3.63, 3.8) is 0 Å². The van der Waals surface area contributed by atoms with Crippen LogP contribution in [0.1, 0.15) is 25.7 Å². The molecule has 2 fully saturated rings. The van der Waals surface area contributed by atoms with Crippen LogP contribution in [0, 0.1) is 5.92 Å². The lowest BCUT2D eigenvalue weighted by atomic mass is 9.93. The van der Waals surface area contributed by atoms with E-state index in [9.17, 15) is 4.79 Å². The molecule has 27 heavy (non-hydrogen) atoms. The molecule has 0 aliphatic carbocycles. The van der Waals surface area contributed by atoms with Gasteiger partial charge in [0, 0.05) is 17.6 Å². The largest absolute Gasteiger partial charge is 0.497 e. The predicted octanol–water partition coefficient (Wildman–Crippen LogP) is 4.44. The Labute approximate surface area is 160 Å². The summed E-state index contributed by atoms with van der Waals surface area (Å²) in [6.45, 7) is 0.488. The van der Waals surface area contributed by atoms with Crippen LogP contribution in [0.2, 0.25) is 0 Å². The van der Waals surface area contributed by atoms with E-state index in [0.29, 0.717) is 24.6 Å². The van der Waals surface area contributed by atoms with Crippen LogP contribution in [-0.2, 0) is 4.74 Å². The first-order chi connectivity index (χ1) is 13.2. The fraction of sp³-hybridized carbons (Fsp3) is 0.409. The van der Waals surface area contributed by atoms with Gasteiger partial charge >= 0.3 is 6.09 Å². The van der Waals surface area contributed by atoms with Gasteiger partial charge in [0.1, 0.15) is 5.75 Å². The van der Waals surface area contributed by atoms with Crippen LogP contribution < -0.4 is 15.4 Å². The Balaban J connectivity index is 1.39. The maximum absolute atomic E-state index is 12.4. The van der Waals surface area contributed by atoms with Crippen LogP contribution in [0.25, 0.3) is 11.1 Å². The molecule has 2 aliphatic rings. The fourth-order valence-corrected chi connectivity index (χ4v) is 4.29. The van der Waals surface area contributed by atoms with E-state index in [2.05, 4.69) is 10.6 Å². The van der Waals surface area contributed by atoms with Gasteiger partial charge in [0.15, 0.2) is 0 Å². The molecule has 2 saturated heterocycles. The van der Waals surface area contributed by atoms with Crippen LogP contribution in [0.15, 0.2) is 48.5 Å². The number of hydrogen-bond acceptors (Lipinski definition) is 4. The number of carbonyl (C=O) groups is 1. The van der Waals surface area contributed by atoms with Gasteiger partial charge in [0.25, 0.3) is 0 Å². The molecule has 5 heteroatoms. The molecule has 2 aliphatic heterocycles. The minimum absolute atomic E-state index is 0.392. The van der Waals surface area contributed by atoms with Gasteiger partial charge < -0.3 is 14.8 Å². The summed E-state index contributed by atoms with van der Waals surface area (Å²) in [5.41, 5.74) is 2.66. The van der Waals surface area contributed by atoms with Gasteiger partial charge in [-0.1, -0.05) is 30.3 Å². The summed E-state index contributed by atoms with van der Waals surface area (Å²) in [5, 5.41) is 6.52. The molecular formula is C22H26N2O3. The molecule has 2 N–H and O–H groups in total. The number of piperidine rings is 1. The van der Waals surface area contributed by atoms with E-state index >= 15 is 0 Å². The number of methoxy groups -OCH3 is 1. The number of hydrogen-bond donors (Lipinski definition) is 2. The highest BCUT2D eigenvalue weighted by molar-refractivity contribution is 5.91. The normalized spacial score (nSPS) is 23.7. The summed E-state index contributed by atoms with van der Waals surface area (Å²) in [4.78, 5) is 12.4. The number of amides is 1. The predicted molar refractivity (Wildman–Crippen MR) is 106 cm³/mol. The molecule has 2 aromatic carbocycles. The SMILES string of the molecule is COc1cccc(-c2ccccc2NC(=O)OCC2CC3CCC(C2)N3)c1. The first-order valence-electron chi connectivity index (χ1n) is 9.64. The molecule has 2 bridgehead atoms. The van der Waals surface area contributed by atoms with Crippen LogP contribution >= 0.6 is 0 Å². The average molecular weight is 366 g/mol. The number of benzene rings is 2. The van der Waals surface area contributed by atoms with Crippen molar-refractivity contribution in [2.45, 2.75) is 37.8 Å². The Hall–Kier alpha value is -2.53. The lowest BCUT2D eigenvalue weighted by Crippen LogP contribution is -2.39. The Morgan fingerprint density at radius 1 is 1.11 bits per heavy atom. The molecule has 0 spiro atoms. The van der Waals surface area contributed by atoms with Crippen molar-refractivity contribution in [1.29, 1.82) is 0 Å². The zero-order chi connectivity index (χ0) is 18.6. The molecule has 0 aromatic heterocycles. The Kier molecular flexibility index (Phi) is 5.30. The lowest BCUT2D eigenvalue weighted by Gasteiger charge is -2.28. The quantitative estimate of drug-likeness (QED) is 0.821.